The van der Waals surface area contributed by atoms with Gasteiger partial charge in [-0.1, -0.05) is 0 Å². The lowest BCUT2D eigenvalue weighted by molar-refractivity contribution is 0.0698. The second-order valence-electron chi connectivity index (χ2n) is 4.73. The fourth-order valence-corrected chi connectivity index (χ4v) is 5.14. The Morgan fingerprint density at radius 2 is 1.93 bits per heavy atom. The summed E-state index contributed by atoms with van der Waals surface area (Å²) in [5.74, 6) is 0. The first-order chi connectivity index (χ1) is 6.46. The molecule has 4 nitrogen and oxygen atoms in total. The fraction of sp³-hybridized carbons (Fsp3) is 1.00. The topological polar surface area (TPSA) is 72.2 Å². The smallest absolute Gasteiger partial charge is 0.152 e. The van der Waals surface area contributed by atoms with Crippen LogP contribution in [0.25, 0.3) is 0 Å². The van der Waals surface area contributed by atoms with Crippen molar-refractivity contribution in [3.8, 4) is 0 Å². The van der Waals surface area contributed by atoms with Gasteiger partial charge in [0.05, 0.1) is 5.25 Å². The summed E-state index contributed by atoms with van der Waals surface area (Å²) in [7, 11) is -2.98. The monoisotopic (exact) mass is 218 g/mol. The van der Waals surface area contributed by atoms with Crippen molar-refractivity contribution in [2.45, 2.75) is 30.6 Å². The highest BCUT2D eigenvalue weighted by Crippen LogP contribution is 2.50. The molecule has 2 unspecified atom stereocenters. The van der Waals surface area contributed by atoms with Crippen molar-refractivity contribution in [3.05, 3.63) is 0 Å². The summed E-state index contributed by atoms with van der Waals surface area (Å²) in [6, 6.07) is -0.136. The maximum atomic E-state index is 11.6. The van der Waals surface area contributed by atoms with Crippen LogP contribution >= 0.6 is 0 Å². The van der Waals surface area contributed by atoms with Crippen LogP contribution < -0.4 is 11.1 Å². The summed E-state index contributed by atoms with van der Waals surface area (Å²) >= 11 is 0. The maximum Gasteiger partial charge on any atom is 0.152 e. The molecule has 1 aliphatic carbocycles. The van der Waals surface area contributed by atoms with Crippen LogP contribution in [0.1, 0.15) is 19.3 Å². The highest BCUT2D eigenvalue weighted by molar-refractivity contribution is 7.91. The third-order valence-electron chi connectivity index (χ3n) is 3.70. The Morgan fingerprint density at radius 3 is 2.36 bits per heavy atom. The van der Waals surface area contributed by atoms with Gasteiger partial charge in [-0.05, 0) is 37.8 Å². The van der Waals surface area contributed by atoms with Gasteiger partial charge in [0.1, 0.15) is 0 Å². The summed E-state index contributed by atoms with van der Waals surface area (Å²) in [5, 5.41) is 2.96. The minimum Gasteiger partial charge on any atom is -0.326 e. The van der Waals surface area contributed by atoms with Crippen LogP contribution in [0.3, 0.4) is 0 Å². The van der Waals surface area contributed by atoms with Crippen molar-refractivity contribution in [1.82, 2.24) is 5.32 Å². The molecule has 0 aromatic carbocycles. The van der Waals surface area contributed by atoms with Gasteiger partial charge in [0, 0.05) is 12.3 Å². The normalized spacial score (nSPS) is 36.7. The number of hydrogen-bond acceptors (Lipinski definition) is 4. The van der Waals surface area contributed by atoms with E-state index in [-0.39, 0.29) is 16.7 Å². The molecule has 0 aromatic rings. The lowest BCUT2D eigenvalue weighted by Crippen LogP contribution is -2.65. The van der Waals surface area contributed by atoms with E-state index in [0.717, 1.165) is 32.4 Å². The van der Waals surface area contributed by atoms with E-state index in [1.54, 1.807) is 0 Å². The van der Waals surface area contributed by atoms with Crippen molar-refractivity contribution in [2.75, 3.05) is 19.3 Å². The van der Waals surface area contributed by atoms with Gasteiger partial charge in [0.2, 0.25) is 0 Å². The molecule has 0 aromatic heterocycles. The third kappa shape index (κ3) is 1.47. The zero-order valence-electron chi connectivity index (χ0n) is 8.49. The van der Waals surface area contributed by atoms with Gasteiger partial charge in [0.25, 0.3) is 0 Å². The Labute approximate surface area is 85.2 Å². The van der Waals surface area contributed by atoms with Gasteiger partial charge in [-0.25, -0.2) is 8.42 Å². The van der Waals surface area contributed by atoms with Crippen molar-refractivity contribution in [2.24, 2.45) is 11.1 Å². The average Bonchev–Trinajstić information content (AvgIpc) is 2.01. The number of nitrogens with one attached hydrogen (secondary N) is 1. The van der Waals surface area contributed by atoms with Gasteiger partial charge in [-0.2, -0.15) is 0 Å². The SMILES string of the molecule is CS(=O)(=O)C1C(N)CC12CCNCC2. The van der Waals surface area contributed by atoms with E-state index in [1.807, 2.05) is 0 Å². The van der Waals surface area contributed by atoms with Crippen LogP contribution in [-0.4, -0.2) is 39.1 Å². The molecule has 0 amide bonds. The Hall–Kier alpha value is -0.130. The lowest BCUT2D eigenvalue weighted by atomic mass is 9.60. The molecule has 1 saturated heterocycles. The third-order valence-corrected chi connectivity index (χ3v) is 5.47. The van der Waals surface area contributed by atoms with Crippen LogP contribution in [0.2, 0.25) is 0 Å². The number of nitrogens with two attached hydrogens (primary N) is 1. The number of sulfone groups is 1. The first kappa shape index (κ1) is 10.4. The first-order valence-corrected chi connectivity index (χ1v) is 7.06. The van der Waals surface area contributed by atoms with Crippen LogP contribution in [-0.2, 0) is 9.84 Å². The first-order valence-electron chi connectivity index (χ1n) is 5.11. The maximum absolute atomic E-state index is 11.6. The Kier molecular flexibility index (Phi) is 2.36. The zero-order chi connectivity index (χ0) is 10.4. The molecule has 2 fully saturated rings. The van der Waals surface area contributed by atoms with Gasteiger partial charge < -0.3 is 11.1 Å². The molecular formula is C9H18N2O2S. The van der Waals surface area contributed by atoms with E-state index in [2.05, 4.69) is 5.32 Å². The van der Waals surface area contributed by atoms with E-state index in [9.17, 15) is 8.42 Å². The summed E-state index contributed by atoms with van der Waals surface area (Å²) in [6.45, 7) is 1.86. The summed E-state index contributed by atoms with van der Waals surface area (Å²) in [4.78, 5) is 0. The van der Waals surface area contributed by atoms with Crippen LogP contribution in [0.15, 0.2) is 0 Å². The zero-order valence-corrected chi connectivity index (χ0v) is 9.31. The minimum atomic E-state index is -2.98. The molecule has 0 radical (unpaired) electrons. The quantitative estimate of drug-likeness (QED) is 0.622. The summed E-state index contributed by atoms with van der Waals surface area (Å²) in [5.41, 5.74) is 5.81. The van der Waals surface area contributed by atoms with Crippen molar-refractivity contribution in [1.29, 1.82) is 0 Å². The Morgan fingerprint density at radius 1 is 1.36 bits per heavy atom. The van der Waals surface area contributed by atoms with Gasteiger partial charge >= 0.3 is 0 Å². The molecule has 2 aliphatic rings. The van der Waals surface area contributed by atoms with E-state index in [0.29, 0.717) is 0 Å². The molecule has 2 atom stereocenters. The Bertz CT molecular complexity index is 314. The van der Waals surface area contributed by atoms with Crippen LogP contribution in [0.5, 0.6) is 0 Å². The van der Waals surface area contributed by atoms with Crippen molar-refractivity contribution >= 4 is 9.84 Å². The molecule has 0 bridgehead atoms. The molecule has 2 rings (SSSR count). The van der Waals surface area contributed by atoms with E-state index in [1.165, 1.54) is 6.26 Å². The Balaban J connectivity index is 2.21. The largest absolute Gasteiger partial charge is 0.326 e. The minimum absolute atomic E-state index is 0.00174. The molecule has 82 valence electrons. The van der Waals surface area contributed by atoms with Gasteiger partial charge in [-0.15, -0.1) is 0 Å². The molecule has 5 heteroatoms. The lowest BCUT2D eigenvalue weighted by Gasteiger charge is -2.54. The predicted molar refractivity (Wildman–Crippen MR) is 55.8 cm³/mol. The second kappa shape index (κ2) is 3.18. The molecule has 1 aliphatic heterocycles. The van der Waals surface area contributed by atoms with E-state index >= 15 is 0 Å². The van der Waals surface area contributed by atoms with Gasteiger partial charge in [-0.3, -0.25) is 0 Å². The number of hydrogen-bond donors (Lipinski definition) is 2. The average molecular weight is 218 g/mol. The van der Waals surface area contributed by atoms with Crippen molar-refractivity contribution in [3.63, 3.8) is 0 Å². The van der Waals surface area contributed by atoms with Gasteiger partial charge in [0.15, 0.2) is 9.84 Å². The molecule has 3 N–H and O–H groups in total. The summed E-state index contributed by atoms with van der Waals surface area (Å²) < 4.78 is 23.2. The highest BCUT2D eigenvalue weighted by atomic mass is 32.2. The molecule has 1 saturated carbocycles. The molecular weight excluding hydrogens is 200 g/mol. The van der Waals surface area contributed by atoms with Crippen molar-refractivity contribution < 1.29 is 8.42 Å². The fourth-order valence-electron chi connectivity index (χ4n) is 3.17. The highest BCUT2D eigenvalue weighted by Gasteiger charge is 2.56. The second-order valence-corrected chi connectivity index (χ2v) is 6.90. The molecule has 1 heterocycles. The van der Waals surface area contributed by atoms with E-state index < -0.39 is 9.84 Å². The summed E-state index contributed by atoms with van der Waals surface area (Å²) in [6.07, 6.45) is 4.11. The standard InChI is InChI=1S/C9H18N2O2S/c1-14(12,13)8-7(10)6-9(8)2-4-11-5-3-9/h7-8,11H,2-6,10H2,1H3. The number of piperidine rings is 1. The van der Waals surface area contributed by atoms with Crippen LogP contribution in [0, 0.1) is 5.41 Å². The van der Waals surface area contributed by atoms with E-state index in [4.69, 9.17) is 5.73 Å². The molecule has 1 spiro atoms. The van der Waals surface area contributed by atoms with Crippen LogP contribution in [0.4, 0.5) is 0 Å². The predicted octanol–water partition coefficient (Wildman–Crippen LogP) is -0.500. The number of rotatable bonds is 1. The molecule has 14 heavy (non-hydrogen) atoms.